The molecular weight excluding hydrogens is 1010 g/mol. The number of amides is 1. The molecule has 6 N–H and O–H groups in total. The molecule has 0 spiro atoms. The highest BCUT2D eigenvalue weighted by atomic mass is 16.7. The van der Waals surface area contributed by atoms with Crippen molar-refractivity contribution < 1.29 is 49.3 Å². The average Bonchev–Trinajstić information content (AvgIpc) is 3.48. The Morgan fingerprint density at radius 2 is 0.852 bits per heavy atom. The fourth-order valence-electron chi connectivity index (χ4n) is 10.2. The van der Waals surface area contributed by atoms with Crippen LogP contribution >= 0.6 is 0 Å². The number of carbonyl (C=O) groups excluding carboxylic acids is 2. The smallest absolute Gasteiger partial charge is 0.306 e. The van der Waals surface area contributed by atoms with E-state index in [2.05, 4.69) is 86.8 Å². The molecule has 1 amide bonds. The Labute approximate surface area is 496 Å². The van der Waals surface area contributed by atoms with Crippen LogP contribution in [0.15, 0.2) is 72.9 Å². The third-order valence-corrected chi connectivity index (χ3v) is 15.6. The number of aliphatic hydroxyl groups is 5. The van der Waals surface area contributed by atoms with Crippen molar-refractivity contribution in [3.05, 3.63) is 72.9 Å². The van der Waals surface area contributed by atoms with E-state index in [1.54, 1.807) is 6.08 Å². The first-order valence-electron chi connectivity index (χ1n) is 33.7. The van der Waals surface area contributed by atoms with Gasteiger partial charge in [-0.15, -0.1) is 0 Å². The minimum absolute atomic E-state index is 0.102. The Morgan fingerprint density at radius 1 is 0.481 bits per heavy atom. The lowest BCUT2D eigenvalue weighted by atomic mass is 9.99. The fraction of sp³-hybridized carbons (Fsp3) is 0.800. The van der Waals surface area contributed by atoms with Crippen LogP contribution in [0.2, 0.25) is 0 Å². The molecule has 8 atom stereocenters. The topological polar surface area (TPSA) is 175 Å². The molecule has 1 fully saturated rings. The van der Waals surface area contributed by atoms with Gasteiger partial charge in [0.05, 0.1) is 25.4 Å². The standard InChI is InChI=1S/C70H125NO10/c1-4-7-10-13-16-19-22-25-27-28-29-30-31-32-33-34-35-36-37-38-39-42-45-48-51-54-57-63(74)69(78)71-61(62(73)56-53-50-47-44-41-24-21-18-15-12-9-6-3)60-79-70-68(67(77)66(76)64(59-72)80-70)81-65(75)58-55-52-49-46-43-40-26-23-20-17-14-11-8-5-2/h16,19,25,27,29-30,32-33,40,43,53,56,61-64,66-68,70,72-74,76-77H,4-15,17-18,20-24,26,28,31,34-39,41-42,44-52,54-55,57-60H2,1-3H3,(H,71,78)/b19-16-,27-25-,30-29-,33-32-,43-40-,56-53+. The summed E-state index contributed by atoms with van der Waals surface area (Å²) in [6, 6.07) is -1.03. The van der Waals surface area contributed by atoms with E-state index in [0.29, 0.717) is 12.8 Å². The molecule has 0 aliphatic carbocycles. The van der Waals surface area contributed by atoms with Crippen molar-refractivity contribution in [1.29, 1.82) is 0 Å². The lowest BCUT2D eigenvalue weighted by Gasteiger charge is -2.41. The van der Waals surface area contributed by atoms with E-state index in [1.807, 2.05) is 6.08 Å². The number of aliphatic hydroxyl groups excluding tert-OH is 5. The van der Waals surface area contributed by atoms with Gasteiger partial charge in [0.2, 0.25) is 5.91 Å². The molecule has 1 aliphatic rings. The highest BCUT2D eigenvalue weighted by Crippen LogP contribution is 2.26. The number of allylic oxidation sites excluding steroid dienone is 11. The normalized spacial score (nSPS) is 19.1. The van der Waals surface area contributed by atoms with E-state index < -0.39 is 67.4 Å². The molecule has 0 bridgehead atoms. The van der Waals surface area contributed by atoms with Crippen LogP contribution in [0.5, 0.6) is 0 Å². The molecule has 1 rings (SSSR count). The van der Waals surface area contributed by atoms with Crippen LogP contribution in [-0.2, 0) is 23.8 Å². The Bertz CT molecular complexity index is 1590. The highest BCUT2D eigenvalue weighted by Gasteiger charge is 2.47. The molecule has 0 aromatic rings. The molecule has 0 aromatic carbocycles. The van der Waals surface area contributed by atoms with Gasteiger partial charge in [0.25, 0.3) is 0 Å². The molecule has 0 radical (unpaired) electrons. The molecule has 11 heteroatoms. The molecule has 8 unspecified atom stereocenters. The van der Waals surface area contributed by atoms with Gasteiger partial charge in [0, 0.05) is 6.42 Å². The van der Waals surface area contributed by atoms with Crippen molar-refractivity contribution in [2.45, 2.75) is 346 Å². The fourth-order valence-corrected chi connectivity index (χ4v) is 10.2. The summed E-state index contributed by atoms with van der Waals surface area (Å²) in [7, 11) is 0. The van der Waals surface area contributed by atoms with Gasteiger partial charge < -0.3 is 45.1 Å². The van der Waals surface area contributed by atoms with E-state index in [0.717, 1.165) is 89.9 Å². The van der Waals surface area contributed by atoms with Crippen LogP contribution in [0.3, 0.4) is 0 Å². The SMILES string of the molecule is CCCCC/C=C\C/C=C\C/C=C\C/C=C\CCCCCCCCCCCCC(O)C(=O)NC(COC1OC(CO)C(O)C(O)C1OC(=O)CCCCC/C=C\CCCCCCCCC)C(O)/C=C/CCCCCCCCCCCC. The van der Waals surface area contributed by atoms with Gasteiger partial charge in [-0.1, -0.05) is 267 Å². The molecule has 0 saturated carbocycles. The van der Waals surface area contributed by atoms with Crippen molar-refractivity contribution in [3.63, 3.8) is 0 Å². The second-order valence-corrected chi connectivity index (χ2v) is 23.2. The Hall–Kier alpha value is -2.90. The van der Waals surface area contributed by atoms with E-state index in [4.69, 9.17) is 14.2 Å². The van der Waals surface area contributed by atoms with Gasteiger partial charge >= 0.3 is 5.97 Å². The van der Waals surface area contributed by atoms with E-state index >= 15 is 0 Å². The second-order valence-electron chi connectivity index (χ2n) is 23.2. The molecule has 1 saturated heterocycles. The summed E-state index contributed by atoms with van der Waals surface area (Å²) in [5.74, 6) is -1.21. The lowest BCUT2D eigenvalue weighted by Crippen LogP contribution is -2.61. The Balaban J connectivity index is 2.60. The van der Waals surface area contributed by atoms with Crippen molar-refractivity contribution >= 4 is 11.9 Å². The second kappa shape index (κ2) is 57.5. The van der Waals surface area contributed by atoms with Crippen molar-refractivity contribution in [1.82, 2.24) is 5.32 Å². The number of ether oxygens (including phenoxy) is 3. The number of unbranched alkanes of at least 4 members (excludes halogenated alkanes) is 33. The number of esters is 1. The average molecular weight is 1140 g/mol. The first kappa shape index (κ1) is 76.1. The maximum absolute atomic E-state index is 13.5. The van der Waals surface area contributed by atoms with Gasteiger partial charge in [0.15, 0.2) is 12.4 Å². The third kappa shape index (κ3) is 45.2. The molecule has 470 valence electrons. The largest absolute Gasteiger partial charge is 0.454 e. The zero-order valence-corrected chi connectivity index (χ0v) is 52.1. The summed E-state index contributed by atoms with van der Waals surface area (Å²) < 4.78 is 17.6. The van der Waals surface area contributed by atoms with Crippen LogP contribution in [0.4, 0.5) is 0 Å². The molecule has 81 heavy (non-hydrogen) atoms. The third-order valence-electron chi connectivity index (χ3n) is 15.6. The van der Waals surface area contributed by atoms with Gasteiger partial charge in [0.1, 0.15) is 24.4 Å². The quantitative estimate of drug-likeness (QED) is 0.0195. The highest BCUT2D eigenvalue weighted by molar-refractivity contribution is 5.80. The number of hydrogen-bond acceptors (Lipinski definition) is 10. The molecule has 11 nitrogen and oxygen atoms in total. The first-order valence-corrected chi connectivity index (χ1v) is 33.7. The maximum atomic E-state index is 13.5. The summed E-state index contributed by atoms with van der Waals surface area (Å²) in [4.78, 5) is 26.6. The van der Waals surface area contributed by atoms with Crippen molar-refractivity contribution in [2.75, 3.05) is 13.2 Å². The van der Waals surface area contributed by atoms with Crippen molar-refractivity contribution in [2.24, 2.45) is 0 Å². The zero-order chi connectivity index (χ0) is 58.9. The monoisotopic (exact) mass is 1140 g/mol. The molecule has 1 aliphatic heterocycles. The predicted molar refractivity (Wildman–Crippen MR) is 338 cm³/mol. The van der Waals surface area contributed by atoms with Gasteiger partial charge in [-0.3, -0.25) is 9.59 Å². The van der Waals surface area contributed by atoms with Gasteiger partial charge in [-0.25, -0.2) is 0 Å². The van der Waals surface area contributed by atoms with Crippen LogP contribution < -0.4 is 5.32 Å². The number of hydrogen-bond donors (Lipinski definition) is 6. The predicted octanol–water partition coefficient (Wildman–Crippen LogP) is 16.7. The minimum Gasteiger partial charge on any atom is -0.454 e. The zero-order valence-electron chi connectivity index (χ0n) is 52.1. The van der Waals surface area contributed by atoms with E-state index in [1.165, 1.54) is 161 Å². The number of carbonyl (C=O) groups is 2. The summed E-state index contributed by atoms with van der Waals surface area (Å²) >= 11 is 0. The summed E-state index contributed by atoms with van der Waals surface area (Å²) in [5, 5.41) is 57.1. The van der Waals surface area contributed by atoms with Crippen LogP contribution in [0.25, 0.3) is 0 Å². The first-order chi connectivity index (χ1) is 39.7. The summed E-state index contributed by atoms with van der Waals surface area (Å²) in [6.45, 7) is 5.76. The van der Waals surface area contributed by atoms with E-state index in [9.17, 15) is 35.1 Å². The summed E-state index contributed by atoms with van der Waals surface area (Å²) in [6.07, 6.45) is 63.7. The Kier molecular flexibility index (Phi) is 54.1. The van der Waals surface area contributed by atoms with Gasteiger partial charge in [-0.2, -0.15) is 0 Å². The maximum Gasteiger partial charge on any atom is 0.306 e. The minimum atomic E-state index is -1.62. The number of nitrogens with one attached hydrogen (secondary N) is 1. The van der Waals surface area contributed by atoms with E-state index in [-0.39, 0.29) is 19.4 Å². The van der Waals surface area contributed by atoms with Crippen LogP contribution in [-0.4, -0.2) is 99.6 Å². The van der Waals surface area contributed by atoms with Crippen LogP contribution in [0, 0.1) is 0 Å². The molecular formula is C70H125NO10. The molecule has 0 aromatic heterocycles. The molecule has 1 heterocycles. The van der Waals surface area contributed by atoms with Crippen molar-refractivity contribution in [3.8, 4) is 0 Å². The van der Waals surface area contributed by atoms with Crippen LogP contribution in [0.1, 0.15) is 297 Å². The lowest BCUT2D eigenvalue weighted by molar-refractivity contribution is -0.305. The Morgan fingerprint density at radius 3 is 1.31 bits per heavy atom. The van der Waals surface area contributed by atoms with Gasteiger partial charge in [-0.05, 0) is 96.3 Å². The summed E-state index contributed by atoms with van der Waals surface area (Å²) in [5.41, 5.74) is 0. The number of rotatable bonds is 57.